The molecule has 1 unspecified atom stereocenters. The van der Waals surface area contributed by atoms with Crippen LogP contribution in [0.15, 0.2) is 0 Å². The maximum atomic E-state index is 12.3. The van der Waals surface area contributed by atoms with Crippen molar-refractivity contribution >= 4 is 47.4 Å². The minimum atomic E-state index is 0. The monoisotopic (exact) mass is 353 g/mol. The standard InChI is InChI=1S/C12H19N5OS.2ClH/c1-9-14-12(19-15-9)17-6-4-16(5-7-17)11(18)10-2-3-13-8-10;;/h10,13H,2-8H2,1H3;2*1H. The molecule has 0 radical (unpaired) electrons. The third-order valence-electron chi connectivity index (χ3n) is 3.79. The fourth-order valence-electron chi connectivity index (χ4n) is 2.66. The first-order chi connectivity index (χ1) is 9.24. The quantitative estimate of drug-likeness (QED) is 0.857. The van der Waals surface area contributed by atoms with Crippen molar-refractivity contribution in [3.63, 3.8) is 0 Å². The van der Waals surface area contributed by atoms with Crippen LogP contribution in [0.5, 0.6) is 0 Å². The molecule has 3 rings (SSSR count). The first-order valence-electron chi connectivity index (χ1n) is 6.79. The van der Waals surface area contributed by atoms with E-state index >= 15 is 0 Å². The van der Waals surface area contributed by atoms with Crippen LogP contribution in [0.2, 0.25) is 0 Å². The molecule has 1 amide bonds. The van der Waals surface area contributed by atoms with Crippen molar-refractivity contribution in [2.24, 2.45) is 5.92 Å². The number of carbonyl (C=O) groups is 1. The Kier molecular flexibility index (Phi) is 7.12. The predicted molar refractivity (Wildman–Crippen MR) is 88.9 cm³/mol. The maximum absolute atomic E-state index is 12.3. The Morgan fingerprint density at radius 1 is 1.29 bits per heavy atom. The Morgan fingerprint density at radius 2 is 2.00 bits per heavy atom. The highest BCUT2D eigenvalue weighted by molar-refractivity contribution is 7.09. The van der Waals surface area contributed by atoms with Gasteiger partial charge in [-0.05, 0) is 19.9 Å². The zero-order valence-corrected chi connectivity index (χ0v) is 14.4. The van der Waals surface area contributed by atoms with Crippen LogP contribution in [-0.2, 0) is 4.79 Å². The summed E-state index contributed by atoms with van der Waals surface area (Å²) in [5.74, 6) is 1.34. The minimum absolute atomic E-state index is 0. The number of aryl methyl sites for hydroxylation is 1. The summed E-state index contributed by atoms with van der Waals surface area (Å²) in [6.45, 7) is 7.05. The second-order valence-electron chi connectivity index (χ2n) is 5.13. The average Bonchev–Trinajstić information content (AvgIpc) is 3.09. The summed E-state index contributed by atoms with van der Waals surface area (Å²) in [4.78, 5) is 20.9. The highest BCUT2D eigenvalue weighted by Crippen LogP contribution is 2.20. The van der Waals surface area contributed by atoms with E-state index < -0.39 is 0 Å². The Bertz CT molecular complexity index is 458. The number of amides is 1. The molecule has 0 aromatic carbocycles. The van der Waals surface area contributed by atoms with Crippen LogP contribution in [0.3, 0.4) is 0 Å². The van der Waals surface area contributed by atoms with E-state index in [2.05, 4.69) is 19.6 Å². The van der Waals surface area contributed by atoms with E-state index in [-0.39, 0.29) is 30.7 Å². The number of halogens is 2. The molecule has 2 aliphatic heterocycles. The molecule has 1 atom stereocenters. The van der Waals surface area contributed by atoms with E-state index in [4.69, 9.17) is 0 Å². The van der Waals surface area contributed by atoms with Crippen molar-refractivity contribution < 1.29 is 4.79 Å². The third-order valence-corrected chi connectivity index (χ3v) is 4.66. The third kappa shape index (κ3) is 4.18. The number of nitrogens with zero attached hydrogens (tertiary/aromatic N) is 4. The normalized spacial score (nSPS) is 21.7. The van der Waals surface area contributed by atoms with Crippen molar-refractivity contribution in [1.29, 1.82) is 0 Å². The van der Waals surface area contributed by atoms with Crippen molar-refractivity contribution in [2.75, 3.05) is 44.2 Å². The van der Waals surface area contributed by atoms with Crippen LogP contribution in [-0.4, -0.2) is 59.4 Å². The Labute approximate surface area is 141 Å². The van der Waals surface area contributed by atoms with E-state index in [0.717, 1.165) is 56.6 Å². The number of hydrogen-bond donors (Lipinski definition) is 1. The zero-order chi connectivity index (χ0) is 13.2. The van der Waals surface area contributed by atoms with Crippen LogP contribution in [0.4, 0.5) is 5.13 Å². The summed E-state index contributed by atoms with van der Waals surface area (Å²) in [6, 6.07) is 0. The van der Waals surface area contributed by atoms with E-state index in [1.165, 1.54) is 11.5 Å². The van der Waals surface area contributed by atoms with Gasteiger partial charge in [-0.1, -0.05) is 0 Å². The molecule has 0 saturated carbocycles. The second kappa shape index (κ2) is 8.12. The summed E-state index contributed by atoms with van der Waals surface area (Å²) in [7, 11) is 0. The van der Waals surface area contributed by atoms with Crippen molar-refractivity contribution in [3.8, 4) is 0 Å². The van der Waals surface area contributed by atoms with Crippen LogP contribution >= 0.6 is 36.3 Å². The van der Waals surface area contributed by atoms with Gasteiger partial charge >= 0.3 is 0 Å². The number of aromatic nitrogens is 2. The molecular weight excluding hydrogens is 333 g/mol. The Hall–Kier alpha value is -0.630. The fourth-order valence-corrected chi connectivity index (χ4v) is 3.38. The first kappa shape index (κ1) is 18.4. The molecular formula is C12H21Cl2N5OS. The molecule has 2 aliphatic rings. The van der Waals surface area contributed by atoms with Gasteiger partial charge in [0.2, 0.25) is 11.0 Å². The highest BCUT2D eigenvalue weighted by atomic mass is 35.5. The summed E-state index contributed by atoms with van der Waals surface area (Å²) >= 11 is 1.44. The van der Waals surface area contributed by atoms with E-state index in [0.29, 0.717) is 5.91 Å². The smallest absolute Gasteiger partial charge is 0.227 e. The molecule has 0 aliphatic carbocycles. The summed E-state index contributed by atoms with van der Waals surface area (Å²) in [5.41, 5.74) is 0. The van der Waals surface area contributed by atoms with Gasteiger partial charge in [-0.2, -0.15) is 4.37 Å². The fraction of sp³-hybridized carbons (Fsp3) is 0.750. The van der Waals surface area contributed by atoms with Crippen LogP contribution in [0, 0.1) is 12.8 Å². The second-order valence-corrected chi connectivity index (χ2v) is 5.86. The molecule has 21 heavy (non-hydrogen) atoms. The molecule has 0 spiro atoms. The molecule has 1 aromatic heterocycles. The van der Waals surface area contributed by atoms with Crippen LogP contribution in [0.25, 0.3) is 0 Å². The average molecular weight is 354 g/mol. The molecule has 6 nitrogen and oxygen atoms in total. The molecule has 2 saturated heterocycles. The van der Waals surface area contributed by atoms with Gasteiger partial charge in [-0.25, -0.2) is 4.98 Å². The molecule has 0 bridgehead atoms. The lowest BCUT2D eigenvalue weighted by Gasteiger charge is -2.35. The molecule has 1 N–H and O–H groups in total. The van der Waals surface area contributed by atoms with Crippen LogP contribution < -0.4 is 10.2 Å². The van der Waals surface area contributed by atoms with Gasteiger partial charge in [0, 0.05) is 44.3 Å². The maximum Gasteiger partial charge on any atom is 0.227 e. The van der Waals surface area contributed by atoms with Gasteiger partial charge in [-0.15, -0.1) is 24.8 Å². The lowest BCUT2D eigenvalue weighted by Crippen LogP contribution is -2.50. The molecule has 120 valence electrons. The SMILES string of the molecule is Cc1nsc(N2CCN(C(=O)C3CCNC3)CC2)n1.Cl.Cl. The summed E-state index contributed by atoms with van der Waals surface area (Å²) in [5, 5.41) is 4.23. The van der Waals surface area contributed by atoms with Gasteiger partial charge in [0.25, 0.3) is 0 Å². The number of hydrogen-bond acceptors (Lipinski definition) is 6. The van der Waals surface area contributed by atoms with Crippen molar-refractivity contribution in [1.82, 2.24) is 19.6 Å². The zero-order valence-electron chi connectivity index (χ0n) is 11.9. The summed E-state index contributed by atoms with van der Waals surface area (Å²) in [6.07, 6.45) is 0.981. The van der Waals surface area contributed by atoms with Gasteiger partial charge in [-0.3, -0.25) is 4.79 Å². The number of anilines is 1. The van der Waals surface area contributed by atoms with E-state index in [1.807, 2.05) is 11.8 Å². The summed E-state index contributed by atoms with van der Waals surface area (Å²) < 4.78 is 4.21. The van der Waals surface area contributed by atoms with E-state index in [1.54, 1.807) is 0 Å². The Balaban J connectivity index is 0.00000110. The van der Waals surface area contributed by atoms with Crippen LogP contribution in [0.1, 0.15) is 12.2 Å². The lowest BCUT2D eigenvalue weighted by molar-refractivity contribution is -0.135. The largest absolute Gasteiger partial charge is 0.343 e. The number of piperazine rings is 1. The van der Waals surface area contributed by atoms with Gasteiger partial charge in [0.1, 0.15) is 5.82 Å². The lowest BCUT2D eigenvalue weighted by atomic mass is 10.1. The number of carbonyl (C=O) groups excluding carboxylic acids is 1. The van der Waals surface area contributed by atoms with Gasteiger partial charge in [0.05, 0.1) is 5.92 Å². The van der Waals surface area contributed by atoms with Crippen molar-refractivity contribution in [2.45, 2.75) is 13.3 Å². The number of rotatable bonds is 2. The first-order valence-corrected chi connectivity index (χ1v) is 7.56. The topological polar surface area (TPSA) is 61.4 Å². The Morgan fingerprint density at radius 3 is 2.52 bits per heavy atom. The molecule has 2 fully saturated rings. The predicted octanol–water partition coefficient (Wildman–Crippen LogP) is 0.948. The number of nitrogens with one attached hydrogen (secondary N) is 1. The van der Waals surface area contributed by atoms with Crippen molar-refractivity contribution in [3.05, 3.63) is 5.82 Å². The molecule has 1 aromatic rings. The van der Waals surface area contributed by atoms with Gasteiger partial charge < -0.3 is 15.1 Å². The highest BCUT2D eigenvalue weighted by Gasteiger charge is 2.29. The minimum Gasteiger partial charge on any atom is -0.343 e. The molecule has 9 heteroatoms. The van der Waals surface area contributed by atoms with E-state index in [9.17, 15) is 4.79 Å². The molecule has 3 heterocycles. The van der Waals surface area contributed by atoms with Gasteiger partial charge in [0.15, 0.2) is 0 Å².